The third kappa shape index (κ3) is 3.95. The number of benzene rings is 2. The van der Waals surface area contributed by atoms with Crippen LogP contribution in [0.2, 0.25) is 0 Å². The number of halogens is 1. The van der Waals surface area contributed by atoms with Crippen molar-refractivity contribution in [2.24, 2.45) is 0 Å². The van der Waals surface area contributed by atoms with Gasteiger partial charge in [0.05, 0.1) is 18.4 Å². The van der Waals surface area contributed by atoms with Crippen LogP contribution in [-0.4, -0.2) is 26.7 Å². The molecule has 2 aromatic carbocycles. The molecule has 7 heteroatoms. The van der Waals surface area contributed by atoms with Crippen LogP contribution < -0.4 is 5.32 Å². The number of amides is 1. The Hall–Kier alpha value is -3.35. The summed E-state index contributed by atoms with van der Waals surface area (Å²) < 4.78 is 14.7. The summed E-state index contributed by atoms with van der Waals surface area (Å²) in [6.45, 7) is 1.72. The molecule has 25 heavy (non-hydrogen) atoms. The normalized spacial score (nSPS) is 10.5. The quantitative estimate of drug-likeness (QED) is 0.726. The summed E-state index contributed by atoms with van der Waals surface area (Å²) in [7, 11) is 0. The predicted octanol–water partition coefficient (Wildman–Crippen LogP) is 2.92. The summed E-state index contributed by atoms with van der Waals surface area (Å²) in [6, 6.07) is 12.8. The van der Waals surface area contributed by atoms with Crippen LogP contribution in [0.5, 0.6) is 0 Å². The second-order valence-electron chi connectivity index (χ2n) is 5.49. The maximum atomic E-state index is 13.2. The zero-order valence-electron chi connectivity index (χ0n) is 13.4. The van der Waals surface area contributed by atoms with Crippen molar-refractivity contribution in [2.45, 2.75) is 13.5 Å². The Balaban J connectivity index is 1.74. The number of carbonyl (C=O) groups is 2. The number of ketones is 1. The number of rotatable bonds is 5. The Morgan fingerprint density at radius 1 is 1.16 bits per heavy atom. The first kappa shape index (κ1) is 16.5. The Bertz CT molecular complexity index is 936. The van der Waals surface area contributed by atoms with Gasteiger partial charge in [-0.2, -0.15) is 0 Å². The zero-order chi connectivity index (χ0) is 17.8. The maximum Gasteiger partial charge on any atom is 0.277 e. The van der Waals surface area contributed by atoms with E-state index in [9.17, 15) is 14.0 Å². The largest absolute Gasteiger partial charge is 0.320 e. The van der Waals surface area contributed by atoms with Gasteiger partial charge in [-0.3, -0.25) is 9.59 Å². The molecule has 3 aromatic rings. The summed E-state index contributed by atoms with van der Waals surface area (Å²) in [6.07, 6.45) is 1.47. The standard InChI is InChI=1S/C18H15FN4O2/c1-12(24)15-7-2-3-8-16(15)20-18(25)17-11-23(22-21-17)10-13-5-4-6-14(19)9-13/h2-9,11H,10H2,1H3,(H,20,25). The van der Waals surface area contributed by atoms with E-state index in [1.807, 2.05) is 0 Å². The van der Waals surface area contributed by atoms with Gasteiger partial charge in [0.1, 0.15) is 5.82 Å². The summed E-state index contributed by atoms with van der Waals surface area (Å²) in [5, 5.41) is 10.4. The van der Waals surface area contributed by atoms with Crippen LogP contribution in [0, 0.1) is 5.82 Å². The number of carbonyl (C=O) groups excluding carboxylic acids is 2. The molecule has 126 valence electrons. The molecule has 1 N–H and O–H groups in total. The fourth-order valence-corrected chi connectivity index (χ4v) is 2.39. The van der Waals surface area contributed by atoms with E-state index in [0.717, 1.165) is 0 Å². The van der Waals surface area contributed by atoms with Gasteiger partial charge in [0, 0.05) is 5.56 Å². The molecule has 6 nitrogen and oxygen atoms in total. The Morgan fingerprint density at radius 3 is 2.72 bits per heavy atom. The summed E-state index contributed by atoms with van der Waals surface area (Å²) >= 11 is 0. The van der Waals surface area contributed by atoms with Gasteiger partial charge in [-0.1, -0.05) is 29.5 Å². The molecule has 1 aromatic heterocycles. The predicted molar refractivity (Wildman–Crippen MR) is 89.9 cm³/mol. The fraction of sp³-hybridized carbons (Fsp3) is 0.111. The van der Waals surface area contributed by atoms with Gasteiger partial charge in [-0.25, -0.2) is 9.07 Å². The average molecular weight is 338 g/mol. The topological polar surface area (TPSA) is 76.9 Å². The SMILES string of the molecule is CC(=O)c1ccccc1NC(=O)c1cn(Cc2cccc(F)c2)nn1. The monoisotopic (exact) mass is 338 g/mol. The van der Waals surface area contributed by atoms with Crippen LogP contribution in [0.1, 0.15) is 33.3 Å². The van der Waals surface area contributed by atoms with Gasteiger partial charge in [0.25, 0.3) is 5.91 Å². The van der Waals surface area contributed by atoms with Crippen molar-refractivity contribution in [3.63, 3.8) is 0 Å². The van der Waals surface area contributed by atoms with Gasteiger partial charge >= 0.3 is 0 Å². The van der Waals surface area contributed by atoms with Crippen LogP contribution in [-0.2, 0) is 6.54 Å². The highest BCUT2D eigenvalue weighted by Crippen LogP contribution is 2.16. The molecule has 0 fully saturated rings. The molecule has 0 saturated heterocycles. The van der Waals surface area contributed by atoms with Crippen LogP contribution in [0.3, 0.4) is 0 Å². The van der Waals surface area contributed by atoms with Crippen molar-refractivity contribution >= 4 is 17.4 Å². The van der Waals surface area contributed by atoms with E-state index in [1.54, 1.807) is 36.4 Å². The van der Waals surface area contributed by atoms with Crippen molar-refractivity contribution in [1.29, 1.82) is 0 Å². The van der Waals surface area contributed by atoms with Gasteiger partial charge < -0.3 is 5.32 Å². The minimum atomic E-state index is -0.473. The Labute approximate surface area is 143 Å². The van der Waals surface area contributed by atoms with Crippen molar-refractivity contribution in [2.75, 3.05) is 5.32 Å². The first-order chi connectivity index (χ1) is 12.0. The molecule has 0 spiro atoms. The zero-order valence-corrected chi connectivity index (χ0v) is 13.4. The van der Waals surface area contributed by atoms with Gasteiger partial charge in [0.2, 0.25) is 0 Å². The molecular weight excluding hydrogens is 323 g/mol. The van der Waals surface area contributed by atoms with Gasteiger partial charge in [0.15, 0.2) is 11.5 Å². The molecule has 1 heterocycles. The van der Waals surface area contributed by atoms with Crippen LogP contribution >= 0.6 is 0 Å². The van der Waals surface area contributed by atoms with Crippen molar-refractivity contribution in [1.82, 2.24) is 15.0 Å². The minimum Gasteiger partial charge on any atom is -0.320 e. The number of nitrogens with one attached hydrogen (secondary N) is 1. The van der Waals surface area contributed by atoms with E-state index in [4.69, 9.17) is 0 Å². The lowest BCUT2D eigenvalue weighted by atomic mass is 10.1. The summed E-state index contributed by atoms with van der Waals surface area (Å²) in [5.74, 6) is -0.957. The Morgan fingerprint density at radius 2 is 1.96 bits per heavy atom. The summed E-state index contributed by atoms with van der Waals surface area (Å²) in [4.78, 5) is 23.9. The van der Waals surface area contributed by atoms with E-state index in [-0.39, 0.29) is 17.3 Å². The number of hydrogen-bond donors (Lipinski definition) is 1. The van der Waals surface area contributed by atoms with Crippen molar-refractivity contribution in [3.05, 3.63) is 77.4 Å². The molecule has 0 aliphatic heterocycles. The smallest absolute Gasteiger partial charge is 0.277 e. The first-order valence-corrected chi connectivity index (χ1v) is 7.59. The lowest BCUT2D eigenvalue weighted by molar-refractivity contribution is 0.101. The summed E-state index contributed by atoms with van der Waals surface area (Å²) in [5.41, 5.74) is 1.65. The molecule has 3 rings (SSSR count). The highest BCUT2D eigenvalue weighted by Gasteiger charge is 2.14. The second kappa shape index (κ2) is 7.04. The van der Waals surface area contributed by atoms with Crippen molar-refractivity contribution < 1.29 is 14.0 Å². The van der Waals surface area contributed by atoms with Gasteiger partial charge in [-0.15, -0.1) is 5.10 Å². The number of anilines is 1. The van der Waals surface area contributed by atoms with E-state index >= 15 is 0 Å². The lowest BCUT2D eigenvalue weighted by Crippen LogP contribution is -2.14. The average Bonchev–Trinajstić information content (AvgIpc) is 3.04. The van der Waals surface area contributed by atoms with Crippen LogP contribution in [0.15, 0.2) is 54.7 Å². The number of hydrogen-bond acceptors (Lipinski definition) is 4. The maximum absolute atomic E-state index is 13.2. The van der Waals surface area contributed by atoms with E-state index in [2.05, 4.69) is 15.6 Å². The van der Waals surface area contributed by atoms with E-state index < -0.39 is 5.91 Å². The highest BCUT2D eigenvalue weighted by molar-refractivity contribution is 6.08. The Kier molecular flexibility index (Phi) is 4.65. The molecule has 1 amide bonds. The number of nitrogens with zero attached hydrogens (tertiary/aromatic N) is 3. The molecule has 0 aliphatic rings. The minimum absolute atomic E-state index is 0.106. The first-order valence-electron chi connectivity index (χ1n) is 7.59. The third-order valence-electron chi connectivity index (χ3n) is 3.56. The molecule has 0 radical (unpaired) electrons. The van der Waals surface area contributed by atoms with E-state index in [1.165, 1.54) is 29.9 Å². The third-order valence-corrected chi connectivity index (χ3v) is 3.56. The second-order valence-corrected chi connectivity index (χ2v) is 5.49. The highest BCUT2D eigenvalue weighted by atomic mass is 19.1. The van der Waals surface area contributed by atoms with Crippen LogP contribution in [0.4, 0.5) is 10.1 Å². The number of aromatic nitrogens is 3. The molecule has 0 saturated carbocycles. The lowest BCUT2D eigenvalue weighted by Gasteiger charge is -2.07. The molecule has 0 unspecified atom stereocenters. The molecule has 0 aliphatic carbocycles. The van der Waals surface area contributed by atoms with Gasteiger partial charge in [-0.05, 0) is 36.8 Å². The van der Waals surface area contributed by atoms with Crippen LogP contribution in [0.25, 0.3) is 0 Å². The van der Waals surface area contributed by atoms with E-state index in [0.29, 0.717) is 23.4 Å². The number of para-hydroxylation sites is 1. The molecule has 0 bridgehead atoms. The molecule has 0 atom stereocenters. The molecular formula is C18H15FN4O2. The van der Waals surface area contributed by atoms with Crippen molar-refractivity contribution in [3.8, 4) is 0 Å². The number of Topliss-reactive ketones (excluding diaryl/α,β-unsaturated/α-hetero) is 1. The fourth-order valence-electron chi connectivity index (χ4n) is 2.39.